The third-order valence-corrected chi connectivity index (χ3v) is 2.97. The average molecular weight is 336 g/mol. The number of primary amides is 1. The first kappa shape index (κ1) is 19.3. The summed E-state index contributed by atoms with van der Waals surface area (Å²) in [5.41, 5.74) is 5.32. The predicted molar refractivity (Wildman–Crippen MR) is 91.0 cm³/mol. The van der Waals surface area contributed by atoms with Gasteiger partial charge in [0.1, 0.15) is 11.8 Å². The highest BCUT2D eigenvalue weighted by Crippen LogP contribution is 2.25. The zero-order valence-electron chi connectivity index (χ0n) is 14.5. The van der Waals surface area contributed by atoms with E-state index >= 15 is 0 Å². The molecule has 5 N–H and O–H groups in total. The van der Waals surface area contributed by atoms with Crippen LogP contribution >= 0.6 is 0 Å². The summed E-state index contributed by atoms with van der Waals surface area (Å²) in [7, 11) is 1.43. The van der Waals surface area contributed by atoms with E-state index < -0.39 is 23.5 Å². The maximum atomic E-state index is 12.1. The molecular weight excluding hydrogens is 312 g/mol. The van der Waals surface area contributed by atoms with Crippen molar-refractivity contribution < 1.29 is 19.1 Å². The summed E-state index contributed by atoms with van der Waals surface area (Å²) in [6.45, 7) is 7.10. The Labute approximate surface area is 141 Å². The first-order valence-electron chi connectivity index (χ1n) is 7.41. The van der Waals surface area contributed by atoms with Crippen LogP contribution in [0.2, 0.25) is 0 Å². The molecule has 1 atom stereocenters. The molecule has 1 rings (SSSR count). The number of carbonyl (C=O) groups excluding carboxylic acids is 3. The van der Waals surface area contributed by atoms with Crippen molar-refractivity contribution in [3.05, 3.63) is 23.8 Å². The van der Waals surface area contributed by atoms with Crippen LogP contribution in [0.5, 0.6) is 5.75 Å². The maximum Gasteiger partial charge on any atom is 0.319 e. The number of nitrogens with one attached hydrogen (secondary N) is 3. The van der Waals surface area contributed by atoms with Crippen LogP contribution in [0.4, 0.5) is 10.5 Å². The molecule has 0 aliphatic rings. The van der Waals surface area contributed by atoms with Gasteiger partial charge in [-0.05, 0) is 45.9 Å². The molecule has 0 radical (unpaired) electrons. The van der Waals surface area contributed by atoms with Crippen LogP contribution in [0.25, 0.3) is 0 Å². The molecule has 0 spiro atoms. The van der Waals surface area contributed by atoms with E-state index in [1.54, 1.807) is 6.92 Å². The summed E-state index contributed by atoms with van der Waals surface area (Å²) >= 11 is 0. The lowest BCUT2D eigenvalue weighted by Gasteiger charge is -2.23. The first-order valence-corrected chi connectivity index (χ1v) is 7.41. The number of methoxy groups -OCH3 is 1. The number of hydrogen-bond donors (Lipinski definition) is 4. The Hall–Kier alpha value is -2.77. The van der Waals surface area contributed by atoms with Gasteiger partial charge in [-0.15, -0.1) is 0 Å². The van der Waals surface area contributed by atoms with Gasteiger partial charge in [0.15, 0.2) is 0 Å². The fraction of sp³-hybridized carbons (Fsp3) is 0.438. The van der Waals surface area contributed by atoms with Crippen LogP contribution in [-0.4, -0.2) is 36.5 Å². The van der Waals surface area contributed by atoms with Gasteiger partial charge in [-0.1, -0.05) is 0 Å². The van der Waals surface area contributed by atoms with Crippen LogP contribution < -0.4 is 26.4 Å². The highest BCUT2D eigenvalue weighted by atomic mass is 16.5. The smallest absolute Gasteiger partial charge is 0.319 e. The number of hydrogen-bond acceptors (Lipinski definition) is 4. The van der Waals surface area contributed by atoms with E-state index in [-0.39, 0.29) is 17.2 Å². The van der Waals surface area contributed by atoms with E-state index in [2.05, 4.69) is 16.0 Å². The average Bonchev–Trinajstić information content (AvgIpc) is 2.45. The molecule has 24 heavy (non-hydrogen) atoms. The second-order valence-corrected chi connectivity index (χ2v) is 6.34. The van der Waals surface area contributed by atoms with Gasteiger partial charge in [0.2, 0.25) is 11.8 Å². The van der Waals surface area contributed by atoms with Gasteiger partial charge < -0.3 is 26.4 Å². The van der Waals surface area contributed by atoms with E-state index in [9.17, 15) is 14.4 Å². The topological polar surface area (TPSA) is 123 Å². The highest BCUT2D eigenvalue weighted by Gasteiger charge is 2.21. The quantitative estimate of drug-likeness (QED) is 0.645. The van der Waals surface area contributed by atoms with Gasteiger partial charge in [-0.25, -0.2) is 4.79 Å². The molecule has 132 valence electrons. The van der Waals surface area contributed by atoms with Crippen LogP contribution in [0, 0.1) is 0 Å². The standard InChI is InChI=1S/C16H24N4O4/c1-9(14(22)20-16(2,3)4)18-15(23)19-11-8-10(13(17)21)6-7-12(11)24-5/h6-9H,1-5H3,(H2,17,21)(H,20,22)(H2,18,19,23)/t9-/m1/s1. The maximum absolute atomic E-state index is 12.1. The second-order valence-electron chi connectivity index (χ2n) is 6.34. The minimum absolute atomic E-state index is 0.227. The predicted octanol–water partition coefficient (Wildman–Crippen LogP) is 1.22. The number of carbonyl (C=O) groups is 3. The van der Waals surface area contributed by atoms with Gasteiger partial charge in [-0.3, -0.25) is 9.59 Å². The van der Waals surface area contributed by atoms with E-state index in [1.165, 1.54) is 25.3 Å². The second kappa shape index (κ2) is 7.67. The van der Waals surface area contributed by atoms with Gasteiger partial charge in [0, 0.05) is 11.1 Å². The van der Waals surface area contributed by atoms with Crippen molar-refractivity contribution in [1.82, 2.24) is 10.6 Å². The molecule has 0 heterocycles. The van der Waals surface area contributed by atoms with Gasteiger partial charge in [0.25, 0.3) is 0 Å². The van der Waals surface area contributed by atoms with Crippen molar-refractivity contribution in [2.45, 2.75) is 39.3 Å². The van der Waals surface area contributed by atoms with Gasteiger partial charge in [-0.2, -0.15) is 0 Å². The van der Waals surface area contributed by atoms with Crippen LogP contribution in [0.15, 0.2) is 18.2 Å². The summed E-state index contributed by atoms with van der Waals surface area (Å²) in [5, 5.41) is 7.83. The zero-order chi connectivity index (χ0) is 18.5. The third-order valence-electron chi connectivity index (χ3n) is 2.97. The zero-order valence-corrected chi connectivity index (χ0v) is 14.5. The lowest BCUT2D eigenvalue weighted by molar-refractivity contribution is -0.123. The number of benzene rings is 1. The third kappa shape index (κ3) is 5.79. The molecular formula is C16H24N4O4. The van der Waals surface area contributed by atoms with Crippen molar-refractivity contribution in [1.29, 1.82) is 0 Å². The summed E-state index contributed by atoms with van der Waals surface area (Å²) in [6, 6.07) is 3.07. The summed E-state index contributed by atoms with van der Waals surface area (Å²) < 4.78 is 5.13. The Balaban J connectivity index is 2.79. The SMILES string of the molecule is COc1ccc(C(N)=O)cc1NC(=O)N[C@H](C)C(=O)NC(C)(C)C. The summed E-state index contributed by atoms with van der Waals surface area (Å²) in [4.78, 5) is 35.3. The Kier molecular flexibility index (Phi) is 6.16. The molecule has 0 bridgehead atoms. The Morgan fingerprint density at radius 2 is 1.83 bits per heavy atom. The summed E-state index contributed by atoms with van der Waals surface area (Å²) in [6.07, 6.45) is 0. The van der Waals surface area contributed by atoms with Crippen molar-refractivity contribution in [2.24, 2.45) is 5.73 Å². The van der Waals surface area contributed by atoms with Gasteiger partial charge >= 0.3 is 6.03 Å². The molecule has 0 fully saturated rings. The number of anilines is 1. The summed E-state index contributed by atoms with van der Waals surface area (Å²) in [5.74, 6) is -0.573. The van der Waals surface area contributed by atoms with E-state index in [0.717, 1.165) is 0 Å². The Morgan fingerprint density at radius 1 is 1.21 bits per heavy atom. The Bertz CT molecular complexity index is 637. The molecule has 0 aliphatic carbocycles. The Morgan fingerprint density at radius 3 is 2.33 bits per heavy atom. The van der Waals surface area contributed by atoms with Crippen LogP contribution in [-0.2, 0) is 4.79 Å². The fourth-order valence-corrected chi connectivity index (χ4v) is 1.86. The van der Waals surface area contributed by atoms with E-state index in [1.807, 2.05) is 20.8 Å². The minimum Gasteiger partial charge on any atom is -0.495 e. The van der Waals surface area contributed by atoms with Crippen molar-refractivity contribution in [2.75, 3.05) is 12.4 Å². The minimum atomic E-state index is -0.741. The molecule has 1 aromatic carbocycles. The molecule has 0 saturated carbocycles. The normalized spacial score (nSPS) is 12.0. The van der Waals surface area contributed by atoms with Crippen molar-refractivity contribution in [3.63, 3.8) is 0 Å². The van der Waals surface area contributed by atoms with Crippen molar-refractivity contribution >= 4 is 23.5 Å². The molecule has 0 aromatic heterocycles. The largest absolute Gasteiger partial charge is 0.495 e. The van der Waals surface area contributed by atoms with Crippen molar-refractivity contribution in [3.8, 4) is 5.75 Å². The first-order chi connectivity index (χ1) is 11.0. The molecule has 0 aliphatic heterocycles. The monoisotopic (exact) mass is 336 g/mol. The molecule has 8 heteroatoms. The number of ether oxygens (including phenoxy) is 1. The van der Waals surface area contributed by atoms with Crippen LogP contribution in [0.1, 0.15) is 38.1 Å². The van der Waals surface area contributed by atoms with E-state index in [4.69, 9.17) is 10.5 Å². The number of amides is 4. The molecule has 8 nitrogen and oxygen atoms in total. The lowest BCUT2D eigenvalue weighted by atomic mass is 10.1. The van der Waals surface area contributed by atoms with Gasteiger partial charge in [0.05, 0.1) is 12.8 Å². The molecule has 4 amide bonds. The fourth-order valence-electron chi connectivity index (χ4n) is 1.86. The molecule has 0 unspecified atom stereocenters. The van der Waals surface area contributed by atoms with Crippen LogP contribution in [0.3, 0.4) is 0 Å². The molecule has 1 aromatic rings. The number of nitrogens with two attached hydrogens (primary N) is 1. The highest BCUT2D eigenvalue weighted by molar-refractivity contribution is 5.98. The molecule has 0 saturated heterocycles. The lowest BCUT2D eigenvalue weighted by Crippen LogP contribution is -2.51. The van der Waals surface area contributed by atoms with E-state index in [0.29, 0.717) is 5.75 Å². The number of rotatable bonds is 5. The number of urea groups is 1.